The lowest BCUT2D eigenvalue weighted by Crippen LogP contribution is -2.23. The van der Waals surface area contributed by atoms with Gasteiger partial charge in [-0.05, 0) is 43.4 Å². The Labute approximate surface area is 185 Å². The van der Waals surface area contributed by atoms with E-state index in [1.807, 2.05) is 6.07 Å². The topological polar surface area (TPSA) is 79.9 Å². The number of aryl methyl sites for hydroxylation is 1. The quantitative estimate of drug-likeness (QED) is 0.622. The fourth-order valence-electron chi connectivity index (χ4n) is 4.78. The molecule has 0 bridgehead atoms. The summed E-state index contributed by atoms with van der Waals surface area (Å²) in [6.07, 6.45) is 5.84. The second-order valence-corrected chi connectivity index (χ2v) is 8.72. The minimum absolute atomic E-state index is 0.0334. The van der Waals surface area contributed by atoms with E-state index in [-0.39, 0.29) is 24.1 Å². The predicted molar refractivity (Wildman–Crippen MR) is 113 cm³/mol. The Hall–Kier alpha value is -2.81. The molecule has 4 heterocycles. The van der Waals surface area contributed by atoms with Crippen molar-refractivity contribution in [1.29, 1.82) is 0 Å². The van der Waals surface area contributed by atoms with Crippen molar-refractivity contribution >= 4 is 11.7 Å². The van der Waals surface area contributed by atoms with E-state index in [1.165, 1.54) is 25.7 Å². The van der Waals surface area contributed by atoms with Gasteiger partial charge >= 0.3 is 0 Å². The van der Waals surface area contributed by atoms with E-state index in [1.54, 1.807) is 30.3 Å². The first kappa shape index (κ1) is 21.1. The first-order valence-corrected chi connectivity index (χ1v) is 11.0. The highest BCUT2D eigenvalue weighted by molar-refractivity contribution is 5.99. The number of nitrogens with zero attached hydrogens (tertiary/aromatic N) is 3. The van der Waals surface area contributed by atoms with Crippen LogP contribution in [-0.2, 0) is 17.8 Å². The van der Waals surface area contributed by atoms with Crippen LogP contribution in [0, 0.1) is 12.8 Å². The number of hydrogen-bond acceptors (Lipinski definition) is 6. The molecule has 1 saturated carbocycles. The summed E-state index contributed by atoms with van der Waals surface area (Å²) in [7, 11) is 0. The Bertz CT molecular complexity index is 1010. The maximum atomic E-state index is 13.0. The SMILES string of the molecule is Cc1cc(CN2Cc3c(ccnc3NC3OC3C3CCCC3)C2=O)cnc1OCC(F)F. The van der Waals surface area contributed by atoms with Crippen LogP contribution >= 0.6 is 0 Å². The molecule has 0 radical (unpaired) electrons. The smallest absolute Gasteiger partial charge is 0.272 e. The molecule has 2 atom stereocenters. The minimum atomic E-state index is -2.55. The molecule has 3 aliphatic rings. The van der Waals surface area contributed by atoms with Gasteiger partial charge in [-0.1, -0.05) is 12.8 Å². The summed E-state index contributed by atoms with van der Waals surface area (Å²) in [5, 5.41) is 3.39. The highest BCUT2D eigenvalue weighted by Gasteiger charge is 2.46. The number of alkyl halides is 2. The average molecular weight is 444 g/mol. The van der Waals surface area contributed by atoms with Gasteiger partial charge in [0.05, 0.1) is 6.54 Å². The van der Waals surface area contributed by atoms with Crippen LogP contribution in [0.15, 0.2) is 24.5 Å². The molecule has 0 spiro atoms. The second-order valence-electron chi connectivity index (χ2n) is 8.72. The Morgan fingerprint density at radius 1 is 1.31 bits per heavy atom. The lowest BCUT2D eigenvalue weighted by Gasteiger charge is -2.16. The van der Waals surface area contributed by atoms with Gasteiger partial charge in [-0.25, -0.2) is 18.7 Å². The largest absolute Gasteiger partial charge is 0.471 e. The number of rotatable bonds is 8. The number of anilines is 1. The zero-order valence-corrected chi connectivity index (χ0v) is 17.9. The highest BCUT2D eigenvalue weighted by Crippen LogP contribution is 2.40. The number of halogens is 2. The Morgan fingerprint density at radius 2 is 2.12 bits per heavy atom. The summed E-state index contributed by atoms with van der Waals surface area (Å²) in [4.78, 5) is 23.3. The molecule has 2 aromatic rings. The van der Waals surface area contributed by atoms with Crippen LogP contribution in [0.4, 0.5) is 14.6 Å². The average Bonchev–Trinajstić information content (AvgIpc) is 3.17. The molecule has 2 fully saturated rings. The van der Waals surface area contributed by atoms with Gasteiger partial charge < -0.3 is 19.7 Å². The van der Waals surface area contributed by atoms with Gasteiger partial charge in [0.1, 0.15) is 11.9 Å². The second kappa shape index (κ2) is 8.61. The van der Waals surface area contributed by atoms with Crippen LogP contribution in [0.2, 0.25) is 0 Å². The molecule has 2 aliphatic heterocycles. The molecular formula is C23H26F2N4O3. The third kappa shape index (κ3) is 4.26. The Balaban J connectivity index is 1.24. The van der Waals surface area contributed by atoms with Crippen molar-refractivity contribution in [3.8, 4) is 5.88 Å². The van der Waals surface area contributed by atoms with Gasteiger partial charge in [-0.3, -0.25) is 4.79 Å². The van der Waals surface area contributed by atoms with E-state index in [9.17, 15) is 13.6 Å². The van der Waals surface area contributed by atoms with E-state index in [0.29, 0.717) is 36.0 Å². The number of amides is 1. The standard InChI is InChI=1S/C23H26F2N4O3/c1-13-8-14(9-27-21(13)31-12-18(24)25)10-29-11-17-16(23(29)30)6-7-26-20(17)28-22-19(32-22)15-4-2-3-5-15/h6-9,15,18-19,22H,2-5,10-12H2,1H3,(H,26,28). The number of nitrogens with one attached hydrogen (secondary N) is 1. The zero-order valence-electron chi connectivity index (χ0n) is 17.9. The highest BCUT2D eigenvalue weighted by atomic mass is 19.3. The molecule has 1 aliphatic carbocycles. The number of ether oxygens (including phenoxy) is 2. The van der Waals surface area contributed by atoms with Crippen LogP contribution < -0.4 is 10.1 Å². The number of aromatic nitrogens is 2. The van der Waals surface area contributed by atoms with Crippen molar-refractivity contribution < 1.29 is 23.0 Å². The van der Waals surface area contributed by atoms with Gasteiger partial charge in [0, 0.05) is 35.6 Å². The molecule has 7 nitrogen and oxygen atoms in total. The first-order valence-electron chi connectivity index (χ1n) is 11.0. The van der Waals surface area contributed by atoms with Crippen LogP contribution in [0.5, 0.6) is 5.88 Å². The molecule has 9 heteroatoms. The van der Waals surface area contributed by atoms with E-state index < -0.39 is 13.0 Å². The molecule has 170 valence electrons. The van der Waals surface area contributed by atoms with Gasteiger partial charge in [0.15, 0.2) is 12.8 Å². The van der Waals surface area contributed by atoms with Crippen LogP contribution in [0.1, 0.15) is 52.7 Å². The van der Waals surface area contributed by atoms with Gasteiger partial charge in [0.25, 0.3) is 12.3 Å². The van der Waals surface area contributed by atoms with Crippen molar-refractivity contribution in [2.75, 3.05) is 11.9 Å². The lowest BCUT2D eigenvalue weighted by molar-refractivity contribution is 0.0762. The lowest BCUT2D eigenvalue weighted by atomic mass is 10.0. The Kier molecular flexibility index (Phi) is 5.67. The fraction of sp³-hybridized carbons (Fsp3) is 0.522. The summed E-state index contributed by atoms with van der Waals surface area (Å²) >= 11 is 0. The molecule has 1 N–H and O–H groups in total. The van der Waals surface area contributed by atoms with Gasteiger partial charge in [-0.2, -0.15) is 0 Å². The number of hydrogen-bond donors (Lipinski definition) is 1. The monoisotopic (exact) mass is 444 g/mol. The molecule has 2 aromatic heterocycles. The third-order valence-electron chi connectivity index (χ3n) is 6.40. The van der Waals surface area contributed by atoms with Crippen molar-refractivity contribution in [2.45, 2.75) is 64.5 Å². The molecule has 2 unspecified atom stereocenters. The van der Waals surface area contributed by atoms with Gasteiger partial charge in [-0.15, -0.1) is 0 Å². The predicted octanol–water partition coefficient (Wildman–Crippen LogP) is 3.91. The van der Waals surface area contributed by atoms with E-state index in [0.717, 1.165) is 11.1 Å². The molecule has 1 saturated heterocycles. The maximum absolute atomic E-state index is 13.0. The summed E-state index contributed by atoms with van der Waals surface area (Å²) < 4.78 is 35.6. The van der Waals surface area contributed by atoms with Gasteiger partial charge in [0.2, 0.25) is 5.88 Å². The minimum Gasteiger partial charge on any atom is -0.471 e. The van der Waals surface area contributed by atoms with Crippen molar-refractivity contribution in [2.24, 2.45) is 5.92 Å². The van der Waals surface area contributed by atoms with E-state index >= 15 is 0 Å². The number of epoxide rings is 1. The molecule has 5 rings (SSSR count). The number of carbonyl (C=O) groups excluding carboxylic acids is 1. The molecule has 1 amide bonds. The number of fused-ring (bicyclic) bond motifs is 1. The molecule has 0 aromatic carbocycles. The summed E-state index contributed by atoms with van der Waals surface area (Å²) in [5.41, 5.74) is 2.98. The summed E-state index contributed by atoms with van der Waals surface area (Å²) in [6, 6.07) is 3.56. The molecule has 32 heavy (non-hydrogen) atoms. The number of pyridine rings is 2. The normalized spacial score (nSPS) is 22.5. The van der Waals surface area contributed by atoms with Crippen LogP contribution in [0.3, 0.4) is 0 Å². The van der Waals surface area contributed by atoms with Crippen LogP contribution in [0.25, 0.3) is 0 Å². The number of carbonyl (C=O) groups is 1. The van der Waals surface area contributed by atoms with Crippen molar-refractivity contribution in [3.63, 3.8) is 0 Å². The van der Waals surface area contributed by atoms with E-state index in [2.05, 4.69) is 15.3 Å². The molecular weight excluding hydrogens is 418 g/mol. The third-order valence-corrected chi connectivity index (χ3v) is 6.40. The fourth-order valence-corrected chi connectivity index (χ4v) is 4.78. The maximum Gasteiger partial charge on any atom is 0.272 e. The zero-order chi connectivity index (χ0) is 22.2. The van der Waals surface area contributed by atoms with E-state index in [4.69, 9.17) is 9.47 Å². The Morgan fingerprint density at radius 3 is 2.88 bits per heavy atom. The summed E-state index contributed by atoms with van der Waals surface area (Å²) in [5.74, 6) is 1.44. The first-order chi connectivity index (χ1) is 15.5. The van der Waals surface area contributed by atoms with Crippen molar-refractivity contribution in [1.82, 2.24) is 14.9 Å². The van der Waals surface area contributed by atoms with Crippen LogP contribution in [-0.4, -0.2) is 46.1 Å². The van der Waals surface area contributed by atoms with Crippen molar-refractivity contribution in [3.05, 3.63) is 46.8 Å². The summed E-state index contributed by atoms with van der Waals surface area (Å²) in [6.45, 7) is 1.86.